The summed E-state index contributed by atoms with van der Waals surface area (Å²) in [4.78, 5) is 23.3. The predicted molar refractivity (Wildman–Crippen MR) is 111 cm³/mol. The van der Waals surface area contributed by atoms with Crippen LogP contribution in [0.25, 0.3) is 11.6 Å². The van der Waals surface area contributed by atoms with E-state index < -0.39 is 12.2 Å². The van der Waals surface area contributed by atoms with E-state index in [4.69, 9.17) is 9.47 Å². The number of ether oxygens (including phenoxy) is 2. The van der Waals surface area contributed by atoms with Crippen molar-refractivity contribution in [3.05, 3.63) is 53.5 Å². The molecule has 0 saturated heterocycles. The number of aromatic nitrogens is 5. The summed E-state index contributed by atoms with van der Waals surface area (Å²) >= 11 is 0. The molecule has 9 heteroatoms. The molecule has 8 nitrogen and oxygen atoms in total. The quantitative estimate of drug-likeness (QED) is 0.602. The number of pyridine rings is 1. The van der Waals surface area contributed by atoms with Gasteiger partial charge in [-0.3, -0.25) is 0 Å². The average molecular weight is 412 g/mol. The Labute approximate surface area is 175 Å². The smallest absolute Gasteiger partial charge is 0.221 e. The largest absolute Gasteiger partial charge is 0.496 e. The highest BCUT2D eigenvalue weighted by Crippen LogP contribution is 2.35. The summed E-state index contributed by atoms with van der Waals surface area (Å²) in [6.07, 6.45) is 5.13. The van der Waals surface area contributed by atoms with Crippen LogP contribution in [-0.4, -0.2) is 45.7 Å². The summed E-state index contributed by atoms with van der Waals surface area (Å²) in [6, 6.07) is 3.45. The number of methoxy groups -OCH3 is 2. The van der Waals surface area contributed by atoms with Crippen molar-refractivity contribution in [3.63, 3.8) is 0 Å². The van der Waals surface area contributed by atoms with Crippen LogP contribution in [0.2, 0.25) is 0 Å². The van der Waals surface area contributed by atoms with Gasteiger partial charge in [0.2, 0.25) is 5.95 Å². The summed E-state index contributed by atoms with van der Waals surface area (Å²) in [5.74, 6) is 1.24. The predicted octanol–water partition coefficient (Wildman–Crippen LogP) is 3.52. The lowest BCUT2D eigenvalue weighted by Gasteiger charge is -2.36. The van der Waals surface area contributed by atoms with E-state index in [-0.39, 0.29) is 0 Å². The number of rotatable bonds is 4. The molecule has 0 aliphatic carbocycles. The fourth-order valence-electron chi connectivity index (χ4n) is 3.26. The van der Waals surface area contributed by atoms with Gasteiger partial charge in [0.25, 0.3) is 0 Å². The van der Waals surface area contributed by atoms with Gasteiger partial charge in [-0.1, -0.05) is 13.8 Å². The minimum atomic E-state index is -0.567. The van der Waals surface area contributed by atoms with E-state index >= 15 is 0 Å². The third-order valence-corrected chi connectivity index (χ3v) is 4.69. The van der Waals surface area contributed by atoms with Crippen molar-refractivity contribution >= 4 is 5.82 Å². The van der Waals surface area contributed by atoms with Gasteiger partial charge >= 0.3 is 0 Å². The molecule has 3 aromatic rings. The Hall–Kier alpha value is -3.20. The molecule has 4 heterocycles. The Morgan fingerprint density at radius 3 is 2.47 bits per heavy atom. The highest BCUT2D eigenvalue weighted by Gasteiger charge is 2.31. The number of halogens is 1. The van der Waals surface area contributed by atoms with Crippen LogP contribution < -0.4 is 9.64 Å². The molecule has 0 fully saturated rings. The molecule has 1 unspecified atom stereocenters. The molecule has 0 radical (unpaired) electrons. The molecule has 3 aromatic heterocycles. The van der Waals surface area contributed by atoms with Crippen LogP contribution in [0.3, 0.4) is 0 Å². The number of hydrogen-bond donors (Lipinski definition) is 0. The molecular formula is C21H25FN6O2. The van der Waals surface area contributed by atoms with Crippen LogP contribution in [-0.2, 0) is 11.2 Å². The Bertz CT molecular complexity index is 1000. The molecule has 158 valence electrons. The molecule has 4 rings (SSSR count). The van der Waals surface area contributed by atoms with E-state index in [0.717, 1.165) is 11.3 Å². The van der Waals surface area contributed by atoms with Gasteiger partial charge in [-0.15, -0.1) is 0 Å². The Morgan fingerprint density at radius 1 is 1.07 bits per heavy atom. The van der Waals surface area contributed by atoms with Crippen molar-refractivity contribution in [1.82, 2.24) is 24.9 Å². The first kappa shape index (κ1) is 21.5. The van der Waals surface area contributed by atoms with Crippen LogP contribution in [0, 0.1) is 12.9 Å². The van der Waals surface area contributed by atoms with Crippen LogP contribution in [0.5, 0.6) is 5.75 Å². The van der Waals surface area contributed by atoms with Crippen LogP contribution in [0.1, 0.15) is 36.9 Å². The Balaban J connectivity index is 0.00000124. The van der Waals surface area contributed by atoms with Gasteiger partial charge in [-0.25, -0.2) is 24.9 Å². The zero-order valence-corrected chi connectivity index (χ0v) is 17.8. The third kappa shape index (κ3) is 4.06. The van der Waals surface area contributed by atoms with Crippen LogP contribution in [0.4, 0.5) is 10.2 Å². The molecule has 1 atom stereocenters. The van der Waals surface area contributed by atoms with Crippen molar-refractivity contribution < 1.29 is 13.9 Å². The highest BCUT2D eigenvalue weighted by atomic mass is 19.1. The van der Waals surface area contributed by atoms with Gasteiger partial charge in [-0.2, -0.15) is 4.39 Å². The summed E-state index contributed by atoms with van der Waals surface area (Å²) in [5.41, 5.74) is 2.02. The SMILES string of the molecule is CC.COc1cc(N2CCc3nc(-c4ncccn4)ncc3C2OC)nc(F)c1C. The standard InChI is InChI=1S/C19H19FN6O2.C2H6/c1-11-14(27-2)9-15(25-16(11)20)26-8-5-13-12(19(26)28-3)10-23-18(24-13)17-21-6-4-7-22-17;1-2/h4,6-7,9-10,19H,5,8H2,1-3H3;1-2H3. The summed E-state index contributed by atoms with van der Waals surface area (Å²) in [5, 5.41) is 0. The van der Waals surface area contributed by atoms with Gasteiger partial charge in [0.05, 0.1) is 12.8 Å². The lowest BCUT2D eigenvalue weighted by molar-refractivity contribution is 0.0925. The monoisotopic (exact) mass is 412 g/mol. The van der Waals surface area contributed by atoms with Crippen LogP contribution in [0.15, 0.2) is 30.7 Å². The average Bonchev–Trinajstić information content (AvgIpc) is 2.81. The van der Waals surface area contributed by atoms with Crippen molar-refractivity contribution in [1.29, 1.82) is 0 Å². The minimum Gasteiger partial charge on any atom is -0.496 e. The zero-order chi connectivity index (χ0) is 21.7. The Kier molecular flexibility index (Phi) is 6.83. The van der Waals surface area contributed by atoms with E-state index in [1.165, 1.54) is 7.11 Å². The van der Waals surface area contributed by atoms with Gasteiger partial charge in [-0.05, 0) is 13.0 Å². The van der Waals surface area contributed by atoms with E-state index in [1.807, 2.05) is 18.7 Å². The molecule has 0 amide bonds. The molecule has 0 aromatic carbocycles. The first-order valence-electron chi connectivity index (χ1n) is 9.76. The van der Waals surface area contributed by atoms with Crippen molar-refractivity contribution in [2.75, 3.05) is 25.7 Å². The maximum Gasteiger partial charge on any atom is 0.221 e. The normalized spacial score (nSPS) is 15.1. The van der Waals surface area contributed by atoms with E-state index in [0.29, 0.717) is 41.7 Å². The van der Waals surface area contributed by atoms with E-state index in [9.17, 15) is 4.39 Å². The molecule has 1 aliphatic heterocycles. The van der Waals surface area contributed by atoms with Gasteiger partial charge in [0.1, 0.15) is 11.6 Å². The van der Waals surface area contributed by atoms with Gasteiger partial charge in [0.15, 0.2) is 17.9 Å². The first-order chi connectivity index (χ1) is 14.6. The van der Waals surface area contributed by atoms with Gasteiger partial charge < -0.3 is 14.4 Å². The molecule has 0 saturated carbocycles. The zero-order valence-electron chi connectivity index (χ0n) is 17.8. The van der Waals surface area contributed by atoms with Crippen molar-refractivity contribution in [2.45, 2.75) is 33.4 Å². The molecule has 0 spiro atoms. The van der Waals surface area contributed by atoms with E-state index in [2.05, 4.69) is 24.9 Å². The molecule has 1 aliphatic rings. The lowest BCUT2D eigenvalue weighted by Crippen LogP contribution is -2.38. The van der Waals surface area contributed by atoms with Crippen LogP contribution >= 0.6 is 0 Å². The molecular weight excluding hydrogens is 387 g/mol. The number of fused-ring (bicyclic) bond motifs is 1. The fraction of sp³-hybridized carbons (Fsp3) is 0.381. The summed E-state index contributed by atoms with van der Waals surface area (Å²) < 4.78 is 25.2. The Morgan fingerprint density at radius 2 is 1.80 bits per heavy atom. The minimum absolute atomic E-state index is 0.369. The third-order valence-electron chi connectivity index (χ3n) is 4.69. The number of hydrogen-bond acceptors (Lipinski definition) is 8. The van der Waals surface area contributed by atoms with E-state index in [1.54, 1.807) is 44.8 Å². The second kappa shape index (κ2) is 9.53. The topological polar surface area (TPSA) is 86.2 Å². The molecule has 30 heavy (non-hydrogen) atoms. The molecule has 0 N–H and O–H groups in total. The lowest BCUT2D eigenvalue weighted by atomic mass is 10.0. The number of anilines is 1. The maximum atomic E-state index is 14.3. The summed E-state index contributed by atoms with van der Waals surface area (Å²) in [6.45, 7) is 6.18. The highest BCUT2D eigenvalue weighted by molar-refractivity contribution is 5.51. The molecule has 0 bridgehead atoms. The second-order valence-corrected chi connectivity index (χ2v) is 6.30. The first-order valence-corrected chi connectivity index (χ1v) is 9.76. The number of nitrogens with zero attached hydrogens (tertiary/aromatic N) is 6. The fourth-order valence-corrected chi connectivity index (χ4v) is 3.26. The summed E-state index contributed by atoms with van der Waals surface area (Å²) in [7, 11) is 3.09. The van der Waals surface area contributed by atoms with Crippen molar-refractivity contribution in [2.24, 2.45) is 0 Å². The van der Waals surface area contributed by atoms with Gasteiger partial charge in [0, 0.05) is 55.9 Å². The van der Waals surface area contributed by atoms with Crippen molar-refractivity contribution in [3.8, 4) is 17.4 Å². The second-order valence-electron chi connectivity index (χ2n) is 6.30. The maximum absolute atomic E-state index is 14.3.